The minimum Gasteiger partial charge on any atom is -0.365 e. The van der Waals surface area contributed by atoms with E-state index in [1.807, 2.05) is 36.7 Å². The number of aromatic nitrogens is 2. The van der Waals surface area contributed by atoms with Gasteiger partial charge in [0.05, 0.1) is 11.4 Å². The molecule has 0 amide bonds. The Labute approximate surface area is 107 Å². The van der Waals surface area contributed by atoms with Crippen molar-refractivity contribution in [1.82, 2.24) is 9.97 Å². The summed E-state index contributed by atoms with van der Waals surface area (Å²) in [4.78, 5) is 19.6. The topological polar surface area (TPSA) is 57.8 Å². The zero-order valence-electron chi connectivity index (χ0n) is 9.73. The van der Waals surface area contributed by atoms with Gasteiger partial charge in [-0.3, -0.25) is 4.79 Å². The Morgan fingerprint density at radius 1 is 1.33 bits per heavy atom. The summed E-state index contributed by atoms with van der Waals surface area (Å²) in [5.74, 6) is 0. The molecule has 0 unspecified atom stereocenters. The highest BCUT2D eigenvalue weighted by atomic mass is 32.1. The van der Waals surface area contributed by atoms with Crippen LogP contribution in [0.3, 0.4) is 0 Å². The van der Waals surface area contributed by atoms with E-state index in [2.05, 4.69) is 15.3 Å². The molecule has 0 saturated carbocycles. The molecule has 2 N–H and O–H groups in total. The van der Waals surface area contributed by atoms with Gasteiger partial charge < -0.3 is 10.3 Å². The Morgan fingerprint density at radius 2 is 2.17 bits per heavy atom. The summed E-state index contributed by atoms with van der Waals surface area (Å²) in [6.07, 6.45) is 0. The minimum atomic E-state index is 0.0124. The molecule has 0 radical (unpaired) electrons. The van der Waals surface area contributed by atoms with Crippen LogP contribution in [0.5, 0.6) is 0 Å². The lowest BCUT2D eigenvalue weighted by molar-refractivity contribution is 1.30. The van der Waals surface area contributed by atoms with Crippen LogP contribution < -0.4 is 10.7 Å². The standard InChI is InChI=1S/C13H11N3OS/c1-14-13-16-11(7-18-13)10-6-12(17)8-4-2-3-5-9(8)15-10/h2-7H,1H3,(H,14,16)(H,15,17). The molecule has 5 heteroatoms. The Kier molecular flexibility index (Phi) is 2.60. The van der Waals surface area contributed by atoms with E-state index in [1.54, 1.807) is 6.07 Å². The molecule has 0 aliphatic rings. The average Bonchev–Trinajstić information content (AvgIpc) is 2.87. The second kappa shape index (κ2) is 4.27. The van der Waals surface area contributed by atoms with E-state index in [4.69, 9.17) is 0 Å². The number of H-pyrrole nitrogens is 1. The van der Waals surface area contributed by atoms with Crippen LogP contribution >= 0.6 is 11.3 Å². The molecule has 0 atom stereocenters. The summed E-state index contributed by atoms with van der Waals surface area (Å²) in [6, 6.07) is 9.07. The normalized spacial score (nSPS) is 10.7. The summed E-state index contributed by atoms with van der Waals surface area (Å²) in [5, 5.41) is 6.44. The minimum absolute atomic E-state index is 0.0124. The number of benzene rings is 1. The smallest absolute Gasteiger partial charge is 0.190 e. The van der Waals surface area contributed by atoms with Gasteiger partial charge in [-0.05, 0) is 12.1 Å². The molecule has 4 nitrogen and oxygen atoms in total. The van der Waals surface area contributed by atoms with Gasteiger partial charge in [0.2, 0.25) is 0 Å². The highest BCUT2D eigenvalue weighted by molar-refractivity contribution is 7.14. The van der Waals surface area contributed by atoms with Crippen molar-refractivity contribution < 1.29 is 0 Å². The summed E-state index contributed by atoms with van der Waals surface area (Å²) in [6.45, 7) is 0. The zero-order valence-corrected chi connectivity index (χ0v) is 10.5. The molecule has 2 heterocycles. The maximum Gasteiger partial charge on any atom is 0.190 e. The van der Waals surface area contributed by atoms with Crippen molar-refractivity contribution in [3.8, 4) is 11.4 Å². The summed E-state index contributed by atoms with van der Waals surface area (Å²) in [7, 11) is 1.83. The first-order valence-corrected chi connectivity index (χ1v) is 6.41. The molecule has 0 fully saturated rings. The van der Waals surface area contributed by atoms with E-state index in [-0.39, 0.29) is 5.43 Å². The molecule has 3 rings (SSSR count). The SMILES string of the molecule is CNc1nc(-c2cc(=O)c3ccccc3[nH]2)cs1. The van der Waals surface area contributed by atoms with E-state index in [0.29, 0.717) is 5.39 Å². The van der Waals surface area contributed by atoms with E-state index in [1.165, 1.54) is 11.3 Å². The number of hydrogen-bond acceptors (Lipinski definition) is 4. The first kappa shape index (κ1) is 11.0. The van der Waals surface area contributed by atoms with Crippen molar-refractivity contribution >= 4 is 27.4 Å². The molecule has 0 saturated heterocycles. The third-order valence-electron chi connectivity index (χ3n) is 2.73. The predicted octanol–water partition coefficient (Wildman–Crippen LogP) is 2.69. The van der Waals surface area contributed by atoms with Crippen molar-refractivity contribution in [3.63, 3.8) is 0 Å². The number of rotatable bonds is 2. The van der Waals surface area contributed by atoms with Gasteiger partial charge in [-0.25, -0.2) is 4.98 Å². The fourth-order valence-electron chi connectivity index (χ4n) is 1.85. The highest BCUT2D eigenvalue weighted by Crippen LogP contribution is 2.23. The number of thiazole rings is 1. The highest BCUT2D eigenvalue weighted by Gasteiger charge is 2.07. The van der Waals surface area contributed by atoms with Crippen LogP contribution in [0.4, 0.5) is 5.13 Å². The second-order valence-corrected chi connectivity index (χ2v) is 4.74. The van der Waals surface area contributed by atoms with Crippen molar-refractivity contribution in [1.29, 1.82) is 0 Å². The molecule has 18 heavy (non-hydrogen) atoms. The van der Waals surface area contributed by atoms with Crippen molar-refractivity contribution in [2.24, 2.45) is 0 Å². The number of nitrogens with zero attached hydrogens (tertiary/aromatic N) is 1. The van der Waals surface area contributed by atoms with Crippen molar-refractivity contribution in [2.75, 3.05) is 12.4 Å². The van der Waals surface area contributed by atoms with Crippen molar-refractivity contribution in [2.45, 2.75) is 0 Å². The molecule has 1 aromatic carbocycles. The fourth-order valence-corrected chi connectivity index (χ4v) is 2.52. The lowest BCUT2D eigenvalue weighted by Gasteiger charge is -2.01. The number of aromatic amines is 1. The molecule has 0 aliphatic carbocycles. The number of nitrogens with one attached hydrogen (secondary N) is 2. The Balaban J connectivity index is 2.21. The Morgan fingerprint density at radius 3 is 2.94 bits per heavy atom. The van der Waals surface area contributed by atoms with Gasteiger partial charge in [0.1, 0.15) is 0 Å². The van der Waals surface area contributed by atoms with Crippen LogP contribution in [0.2, 0.25) is 0 Å². The van der Waals surface area contributed by atoms with Gasteiger partial charge in [0.15, 0.2) is 10.6 Å². The van der Waals surface area contributed by atoms with Gasteiger partial charge in [0.25, 0.3) is 0 Å². The molecule has 90 valence electrons. The van der Waals surface area contributed by atoms with E-state index in [9.17, 15) is 4.79 Å². The number of anilines is 1. The second-order valence-electron chi connectivity index (χ2n) is 3.88. The lowest BCUT2D eigenvalue weighted by Crippen LogP contribution is -2.02. The molecule has 2 aromatic heterocycles. The van der Waals surface area contributed by atoms with Crippen LogP contribution in [0, 0.1) is 0 Å². The maximum absolute atomic E-state index is 12.0. The summed E-state index contributed by atoms with van der Waals surface area (Å²) >= 11 is 1.51. The van der Waals surface area contributed by atoms with Crippen LogP contribution in [-0.4, -0.2) is 17.0 Å². The number of fused-ring (bicyclic) bond motifs is 1. The van der Waals surface area contributed by atoms with Crippen LogP contribution in [0.15, 0.2) is 40.5 Å². The van der Waals surface area contributed by atoms with Crippen LogP contribution in [-0.2, 0) is 0 Å². The molecule has 3 aromatic rings. The monoisotopic (exact) mass is 257 g/mol. The van der Waals surface area contributed by atoms with Gasteiger partial charge in [0, 0.05) is 29.4 Å². The first-order valence-electron chi connectivity index (χ1n) is 5.53. The predicted molar refractivity (Wildman–Crippen MR) is 75.2 cm³/mol. The van der Waals surface area contributed by atoms with Gasteiger partial charge in [-0.15, -0.1) is 11.3 Å². The largest absolute Gasteiger partial charge is 0.365 e. The van der Waals surface area contributed by atoms with E-state index >= 15 is 0 Å². The Bertz CT molecular complexity index is 760. The average molecular weight is 257 g/mol. The number of para-hydroxylation sites is 1. The quantitative estimate of drug-likeness (QED) is 0.742. The first-order chi connectivity index (χ1) is 8.78. The van der Waals surface area contributed by atoms with Crippen LogP contribution in [0.25, 0.3) is 22.3 Å². The number of hydrogen-bond donors (Lipinski definition) is 2. The fraction of sp³-hybridized carbons (Fsp3) is 0.0769. The molecular weight excluding hydrogens is 246 g/mol. The van der Waals surface area contributed by atoms with E-state index < -0.39 is 0 Å². The maximum atomic E-state index is 12.0. The van der Waals surface area contributed by atoms with Gasteiger partial charge in [-0.2, -0.15) is 0 Å². The molecule has 0 aliphatic heterocycles. The third kappa shape index (κ3) is 1.78. The van der Waals surface area contributed by atoms with Crippen molar-refractivity contribution in [3.05, 3.63) is 45.9 Å². The van der Waals surface area contributed by atoms with E-state index in [0.717, 1.165) is 22.0 Å². The summed E-state index contributed by atoms with van der Waals surface area (Å²) in [5.41, 5.74) is 2.38. The van der Waals surface area contributed by atoms with Gasteiger partial charge >= 0.3 is 0 Å². The zero-order chi connectivity index (χ0) is 12.5. The molecule has 0 spiro atoms. The van der Waals surface area contributed by atoms with Crippen LogP contribution in [0.1, 0.15) is 0 Å². The third-order valence-corrected chi connectivity index (χ3v) is 3.59. The molecular formula is C13H11N3OS. The van der Waals surface area contributed by atoms with Gasteiger partial charge in [-0.1, -0.05) is 12.1 Å². The Hall–Kier alpha value is -2.14. The lowest BCUT2D eigenvalue weighted by atomic mass is 10.2. The number of pyridine rings is 1. The molecule has 0 bridgehead atoms. The summed E-state index contributed by atoms with van der Waals surface area (Å²) < 4.78 is 0.